The number of carbonyl (C=O) groups excluding carboxylic acids is 1. The lowest BCUT2D eigenvalue weighted by Gasteiger charge is -2.04. The molecule has 7 nitrogen and oxygen atoms in total. The first-order chi connectivity index (χ1) is 8.65. The molecule has 1 amide bonds. The van der Waals surface area contributed by atoms with Gasteiger partial charge in [-0.25, -0.2) is 0 Å². The number of amides is 1. The second-order valence-corrected chi connectivity index (χ2v) is 3.58. The van der Waals surface area contributed by atoms with Crippen molar-refractivity contribution in [2.45, 2.75) is 6.42 Å². The number of carboxylic acid groups (broad SMARTS) is 1. The molecule has 1 aromatic carbocycles. The Labute approximate surface area is 102 Å². The van der Waals surface area contributed by atoms with Crippen LogP contribution in [0, 0.1) is 0 Å². The fourth-order valence-corrected chi connectivity index (χ4v) is 1.44. The van der Waals surface area contributed by atoms with Crippen LogP contribution in [0.15, 0.2) is 30.5 Å². The van der Waals surface area contributed by atoms with E-state index >= 15 is 0 Å². The van der Waals surface area contributed by atoms with E-state index in [1.165, 1.54) is 6.20 Å². The molecule has 3 N–H and O–H groups in total. The third-order valence-electron chi connectivity index (χ3n) is 2.19. The predicted octanol–water partition coefficient (Wildman–Crippen LogP) is 0.684. The number of carboxylic acids is 1. The van der Waals surface area contributed by atoms with E-state index in [1.807, 2.05) is 0 Å². The number of H-pyrrole nitrogens is 1. The number of nitrogens with one attached hydrogen (secondary N) is 2. The highest BCUT2D eigenvalue weighted by Crippen LogP contribution is 2.12. The zero-order chi connectivity index (χ0) is 13.0. The van der Waals surface area contributed by atoms with E-state index in [0.717, 1.165) is 0 Å². The summed E-state index contributed by atoms with van der Waals surface area (Å²) in [5.74, 6) is -1.33. The molecule has 18 heavy (non-hydrogen) atoms. The standard InChI is InChI=1S/C11H10N4O3/c16-10(17)5-7-2-1-3-8(4-7)13-11(18)9-6-12-15-14-9/h1-4,6H,5H2,(H,13,18)(H,16,17)(H,12,14,15). The molecule has 7 heteroatoms. The summed E-state index contributed by atoms with van der Waals surface area (Å²) in [7, 11) is 0. The van der Waals surface area contributed by atoms with Gasteiger partial charge in [0.25, 0.3) is 5.91 Å². The molecule has 1 aromatic heterocycles. The van der Waals surface area contributed by atoms with Crippen molar-refractivity contribution in [1.82, 2.24) is 15.4 Å². The van der Waals surface area contributed by atoms with E-state index in [2.05, 4.69) is 20.7 Å². The molecular formula is C11H10N4O3. The zero-order valence-electron chi connectivity index (χ0n) is 9.25. The average molecular weight is 246 g/mol. The fraction of sp³-hybridized carbons (Fsp3) is 0.0909. The molecule has 92 valence electrons. The summed E-state index contributed by atoms with van der Waals surface area (Å²) in [5.41, 5.74) is 1.29. The van der Waals surface area contributed by atoms with Gasteiger partial charge in [-0.2, -0.15) is 15.4 Å². The second kappa shape index (κ2) is 5.09. The summed E-state index contributed by atoms with van der Waals surface area (Å²) in [6.45, 7) is 0. The molecule has 2 aromatic rings. The molecule has 0 bridgehead atoms. The number of aromatic nitrogens is 3. The third-order valence-corrected chi connectivity index (χ3v) is 2.19. The Morgan fingerprint density at radius 3 is 2.89 bits per heavy atom. The van der Waals surface area contributed by atoms with Crippen LogP contribution in [0.2, 0.25) is 0 Å². The first-order valence-electron chi connectivity index (χ1n) is 5.13. The van der Waals surface area contributed by atoms with Crippen molar-refractivity contribution in [2.24, 2.45) is 0 Å². The van der Waals surface area contributed by atoms with Gasteiger partial charge in [-0.3, -0.25) is 9.59 Å². The van der Waals surface area contributed by atoms with Gasteiger partial charge in [0.1, 0.15) is 0 Å². The van der Waals surface area contributed by atoms with Crippen molar-refractivity contribution >= 4 is 17.6 Å². The van der Waals surface area contributed by atoms with Gasteiger partial charge in [-0.15, -0.1) is 0 Å². The van der Waals surface area contributed by atoms with Crippen LogP contribution in [0.5, 0.6) is 0 Å². The number of rotatable bonds is 4. The van der Waals surface area contributed by atoms with Gasteiger partial charge < -0.3 is 10.4 Å². The maximum absolute atomic E-state index is 11.7. The van der Waals surface area contributed by atoms with E-state index < -0.39 is 11.9 Å². The molecule has 0 radical (unpaired) electrons. The summed E-state index contributed by atoms with van der Waals surface area (Å²) >= 11 is 0. The minimum Gasteiger partial charge on any atom is -0.481 e. The highest BCUT2D eigenvalue weighted by atomic mass is 16.4. The lowest BCUT2D eigenvalue weighted by atomic mass is 10.1. The van der Waals surface area contributed by atoms with Gasteiger partial charge in [0.05, 0.1) is 12.6 Å². The molecule has 0 aliphatic heterocycles. The Kier molecular flexibility index (Phi) is 3.33. The first kappa shape index (κ1) is 11.8. The van der Waals surface area contributed by atoms with Crippen LogP contribution in [0.1, 0.15) is 16.1 Å². The molecule has 0 aliphatic carbocycles. The predicted molar refractivity (Wildman–Crippen MR) is 62.1 cm³/mol. The van der Waals surface area contributed by atoms with Crippen LogP contribution in [-0.4, -0.2) is 32.4 Å². The minimum atomic E-state index is -0.921. The Morgan fingerprint density at radius 2 is 2.22 bits per heavy atom. The van der Waals surface area contributed by atoms with E-state index in [1.54, 1.807) is 24.3 Å². The molecule has 0 fully saturated rings. The first-order valence-corrected chi connectivity index (χ1v) is 5.13. The van der Waals surface area contributed by atoms with Crippen LogP contribution in [0.3, 0.4) is 0 Å². The number of aromatic amines is 1. The molecule has 0 atom stereocenters. The Balaban J connectivity index is 2.10. The van der Waals surface area contributed by atoms with Crippen LogP contribution in [0.4, 0.5) is 5.69 Å². The van der Waals surface area contributed by atoms with Crippen molar-refractivity contribution in [3.8, 4) is 0 Å². The lowest BCUT2D eigenvalue weighted by molar-refractivity contribution is -0.136. The Bertz CT molecular complexity index is 565. The Hall–Kier alpha value is -2.70. The van der Waals surface area contributed by atoms with E-state index in [0.29, 0.717) is 11.3 Å². The topological polar surface area (TPSA) is 108 Å². The third kappa shape index (κ3) is 2.91. The van der Waals surface area contributed by atoms with Gasteiger partial charge in [-0.05, 0) is 17.7 Å². The summed E-state index contributed by atoms with van der Waals surface area (Å²) in [6, 6.07) is 6.63. The van der Waals surface area contributed by atoms with E-state index in [4.69, 9.17) is 5.11 Å². The van der Waals surface area contributed by atoms with Crippen LogP contribution in [0.25, 0.3) is 0 Å². The highest BCUT2D eigenvalue weighted by molar-refractivity contribution is 6.02. The van der Waals surface area contributed by atoms with Crippen LogP contribution >= 0.6 is 0 Å². The van der Waals surface area contributed by atoms with E-state index in [9.17, 15) is 9.59 Å². The zero-order valence-corrected chi connectivity index (χ0v) is 9.25. The summed E-state index contributed by atoms with van der Waals surface area (Å²) in [6.07, 6.45) is 1.21. The number of carbonyl (C=O) groups is 2. The fourth-order valence-electron chi connectivity index (χ4n) is 1.44. The average Bonchev–Trinajstić information content (AvgIpc) is 2.81. The van der Waals surface area contributed by atoms with Crippen molar-refractivity contribution in [1.29, 1.82) is 0 Å². The summed E-state index contributed by atoms with van der Waals surface area (Å²) < 4.78 is 0. The molecule has 0 saturated heterocycles. The number of hydrogen-bond donors (Lipinski definition) is 3. The SMILES string of the molecule is O=C(O)Cc1cccc(NC(=O)c2cn[nH]n2)c1. The number of anilines is 1. The van der Waals surface area contributed by atoms with Crippen molar-refractivity contribution in [3.05, 3.63) is 41.7 Å². The van der Waals surface area contributed by atoms with Gasteiger partial charge in [0.2, 0.25) is 0 Å². The lowest BCUT2D eigenvalue weighted by Crippen LogP contribution is -2.12. The van der Waals surface area contributed by atoms with Crippen LogP contribution in [-0.2, 0) is 11.2 Å². The van der Waals surface area contributed by atoms with Crippen molar-refractivity contribution in [2.75, 3.05) is 5.32 Å². The Morgan fingerprint density at radius 1 is 1.39 bits per heavy atom. The summed E-state index contributed by atoms with van der Waals surface area (Å²) in [4.78, 5) is 22.2. The maximum Gasteiger partial charge on any atom is 0.307 e. The number of benzene rings is 1. The molecular weight excluding hydrogens is 236 g/mol. The number of aliphatic carboxylic acids is 1. The van der Waals surface area contributed by atoms with Gasteiger partial charge in [0, 0.05) is 5.69 Å². The minimum absolute atomic E-state index is 0.0896. The maximum atomic E-state index is 11.7. The largest absolute Gasteiger partial charge is 0.481 e. The number of nitrogens with zero attached hydrogens (tertiary/aromatic N) is 2. The monoisotopic (exact) mass is 246 g/mol. The van der Waals surface area contributed by atoms with Crippen molar-refractivity contribution < 1.29 is 14.7 Å². The summed E-state index contributed by atoms with van der Waals surface area (Å²) in [5, 5.41) is 20.8. The van der Waals surface area contributed by atoms with Crippen LogP contribution < -0.4 is 5.32 Å². The second-order valence-electron chi connectivity index (χ2n) is 3.58. The van der Waals surface area contributed by atoms with E-state index in [-0.39, 0.29) is 12.1 Å². The molecule has 2 rings (SSSR count). The number of hydrogen-bond acceptors (Lipinski definition) is 4. The normalized spacial score (nSPS) is 10.0. The quantitative estimate of drug-likeness (QED) is 0.735. The highest BCUT2D eigenvalue weighted by Gasteiger charge is 2.09. The van der Waals surface area contributed by atoms with Gasteiger partial charge in [0.15, 0.2) is 5.69 Å². The molecule has 0 spiro atoms. The van der Waals surface area contributed by atoms with Gasteiger partial charge >= 0.3 is 5.97 Å². The molecule has 0 aliphatic rings. The van der Waals surface area contributed by atoms with Crippen molar-refractivity contribution in [3.63, 3.8) is 0 Å². The smallest absolute Gasteiger partial charge is 0.307 e. The molecule has 0 unspecified atom stereocenters. The molecule has 0 saturated carbocycles. The van der Waals surface area contributed by atoms with Gasteiger partial charge in [-0.1, -0.05) is 12.1 Å². The molecule has 1 heterocycles.